The van der Waals surface area contributed by atoms with Gasteiger partial charge in [-0.05, 0) is 59.9 Å². The van der Waals surface area contributed by atoms with E-state index >= 15 is 0 Å². The molecule has 0 atom stereocenters. The molecule has 0 bridgehead atoms. The first kappa shape index (κ1) is 23.9. The highest BCUT2D eigenvalue weighted by molar-refractivity contribution is 14.0. The fraction of sp³-hybridized carbons (Fsp3) is 0.400. The van der Waals surface area contributed by atoms with Crippen LogP contribution in [0.5, 0.6) is 0 Å². The van der Waals surface area contributed by atoms with Gasteiger partial charge in [0.25, 0.3) is 0 Å². The average molecular weight is 548 g/mol. The van der Waals surface area contributed by atoms with Crippen LogP contribution < -0.4 is 10.6 Å². The Morgan fingerprint density at radius 2 is 2.07 bits per heavy atom. The first-order valence-electron chi connectivity index (χ1n) is 9.31. The number of hydrogen-bond acceptors (Lipinski definition) is 4. The fourth-order valence-electron chi connectivity index (χ4n) is 2.95. The molecular formula is C20H26FIN4OS2. The van der Waals surface area contributed by atoms with E-state index in [0.717, 1.165) is 36.6 Å². The Morgan fingerprint density at radius 1 is 1.28 bits per heavy atom. The minimum Gasteiger partial charge on any atom is -0.356 e. The van der Waals surface area contributed by atoms with E-state index in [1.54, 1.807) is 42.3 Å². The zero-order valence-corrected chi connectivity index (χ0v) is 20.3. The van der Waals surface area contributed by atoms with Crippen molar-refractivity contribution in [1.82, 2.24) is 15.5 Å². The third-order valence-electron chi connectivity index (χ3n) is 4.49. The van der Waals surface area contributed by atoms with Crippen molar-refractivity contribution in [2.45, 2.75) is 24.3 Å². The van der Waals surface area contributed by atoms with Crippen LogP contribution in [0.1, 0.15) is 16.9 Å². The molecule has 2 aromatic rings. The highest BCUT2D eigenvalue weighted by Crippen LogP contribution is 2.23. The molecule has 1 aromatic carbocycles. The number of benzene rings is 1. The molecule has 2 N–H and O–H groups in total. The van der Waals surface area contributed by atoms with Gasteiger partial charge in [0, 0.05) is 36.5 Å². The predicted octanol–water partition coefficient (Wildman–Crippen LogP) is 3.74. The lowest BCUT2D eigenvalue weighted by Crippen LogP contribution is -2.46. The van der Waals surface area contributed by atoms with Gasteiger partial charge in [-0.3, -0.25) is 9.79 Å². The van der Waals surface area contributed by atoms with Crippen LogP contribution in [0.2, 0.25) is 0 Å². The van der Waals surface area contributed by atoms with E-state index in [0.29, 0.717) is 12.5 Å². The van der Waals surface area contributed by atoms with Gasteiger partial charge in [-0.1, -0.05) is 0 Å². The Labute approximate surface area is 196 Å². The molecule has 9 heteroatoms. The SMILES string of the molecule is CN=C(NCCCSc1ccc(F)cc1)NCC(=O)N1CCc2sccc2C1.I. The molecule has 0 spiro atoms. The van der Waals surface area contributed by atoms with Gasteiger partial charge in [0.15, 0.2) is 5.96 Å². The summed E-state index contributed by atoms with van der Waals surface area (Å²) in [5.41, 5.74) is 1.27. The Balaban J connectivity index is 0.00000300. The lowest BCUT2D eigenvalue weighted by Gasteiger charge is -2.27. The smallest absolute Gasteiger partial charge is 0.242 e. The van der Waals surface area contributed by atoms with Crippen molar-refractivity contribution < 1.29 is 9.18 Å². The second kappa shape index (κ2) is 12.4. The van der Waals surface area contributed by atoms with Crippen molar-refractivity contribution in [2.75, 3.05) is 32.4 Å². The maximum atomic E-state index is 12.9. The number of guanidine groups is 1. The number of aliphatic imine (C=N–C) groups is 1. The predicted molar refractivity (Wildman–Crippen MR) is 130 cm³/mol. The zero-order chi connectivity index (χ0) is 19.8. The van der Waals surface area contributed by atoms with Crippen LogP contribution in [-0.2, 0) is 17.8 Å². The molecule has 1 aliphatic heterocycles. The molecule has 1 aromatic heterocycles. The molecule has 0 radical (unpaired) electrons. The fourth-order valence-corrected chi connectivity index (χ4v) is 4.70. The monoisotopic (exact) mass is 548 g/mol. The summed E-state index contributed by atoms with van der Waals surface area (Å²) in [5, 5.41) is 8.43. The number of rotatable bonds is 7. The van der Waals surface area contributed by atoms with Gasteiger partial charge in [0.05, 0.1) is 6.54 Å². The maximum absolute atomic E-state index is 12.9. The van der Waals surface area contributed by atoms with Crippen molar-refractivity contribution in [3.05, 3.63) is 52.0 Å². The van der Waals surface area contributed by atoms with Gasteiger partial charge in [0.2, 0.25) is 5.91 Å². The van der Waals surface area contributed by atoms with E-state index in [4.69, 9.17) is 0 Å². The number of nitrogens with zero attached hydrogens (tertiary/aromatic N) is 2. The first-order chi connectivity index (χ1) is 13.7. The second-order valence-corrected chi connectivity index (χ2v) is 8.61. The summed E-state index contributed by atoms with van der Waals surface area (Å²) in [4.78, 5) is 21.0. The average Bonchev–Trinajstić information content (AvgIpc) is 3.19. The van der Waals surface area contributed by atoms with Crippen LogP contribution >= 0.6 is 47.1 Å². The van der Waals surface area contributed by atoms with E-state index in [1.165, 1.54) is 22.6 Å². The van der Waals surface area contributed by atoms with Gasteiger partial charge in [-0.15, -0.1) is 47.1 Å². The number of amides is 1. The maximum Gasteiger partial charge on any atom is 0.242 e. The number of carbonyl (C=O) groups excluding carboxylic acids is 1. The highest BCUT2D eigenvalue weighted by atomic mass is 127. The van der Waals surface area contributed by atoms with Gasteiger partial charge < -0.3 is 15.5 Å². The molecule has 1 amide bonds. The summed E-state index contributed by atoms with van der Waals surface area (Å²) in [6, 6.07) is 8.64. The van der Waals surface area contributed by atoms with Crippen LogP contribution in [-0.4, -0.2) is 49.2 Å². The molecule has 0 saturated heterocycles. The zero-order valence-electron chi connectivity index (χ0n) is 16.3. The van der Waals surface area contributed by atoms with E-state index in [2.05, 4.69) is 27.1 Å². The number of carbonyl (C=O) groups is 1. The summed E-state index contributed by atoms with van der Waals surface area (Å²) in [7, 11) is 1.70. The van der Waals surface area contributed by atoms with Crippen LogP contribution in [0.4, 0.5) is 4.39 Å². The van der Waals surface area contributed by atoms with Crippen molar-refractivity contribution in [3.63, 3.8) is 0 Å². The largest absolute Gasteiger partial charge is 0.356 e. The van der Waals surface area contributed by atoms with E-state index in [1.807, 2.05) is 4.90 Å². The van der Waals surface area contributed by atoms with Crippen molar-refractivity contribution in [1.29, 1.82) is 0 Å². The summed E-state index contributed by atoms with van der Waals surface area (Å²) < 4.78 is 12.9. The molecule has 158 valence electrons. The summed E-state index contributed by atoms with van der Waals surface area (Å²) in [6.07, 6.45) is 1.88. The third kappa shape index (κ3) is 7.45. The minimum atomic E-state index is -0.212. The summed E-state index contributed by atoms with van der Waals surface area (Å²) in [5.74, 6) is 1.43. The van der Waals surface area contributed by atoms with Gasteiger partial charge in [0.1, 0.15) is 5.82 Å². The van der Waals surface area contributed by atoms with Gasteiger partial charge in [-0.25, -0.2) is 4.39 Å². The molecule has 0 aliphatic carbocycles. The molecule has 0 saturated carbocycles. The van der Waals surface area contributed by atoms with Crippen LogP contribution in [0, 0.1) is 5.82 Å². The second-order valence-electron chi connectivity index (χ2n) is 6.44. The van der Waals surface area contributed by atoms with Crippen molar-refractivity contribution in [2.24, 2.45) is 4.99 Å². The Hall–Kier alpha value is -1.33. The number of hydrogen-bond donors (Lipinski definition) is 2. The first-order valence-corrected chi connectivity index (χ1v) is 11.2. The van der Waals surface area contributed by atoms with Crippen LogP contribution in [0.25, 0.3) is 0 Å². The third-order valence-corrected chi connectivity index (χ3v) is 6.61. The summed E-state index contributed by atoms with van der Waals surface area (Å²) >= 11 is 3.47. The number of halogens is 2. The standard InChI is InChI=1S/C20H25FN4OS2.HI/c1-22-20(23-9-2-11-27-17-5-3-16(21)4-6-17)24-13-19(26)25-10-7-18-15(14-25)8-12-28-18;/h3-6,8,12H,2,7,9-11,13-14H2,1H3,(H2,22,23,24);1H. The molecule has 0 fully saturated rings. The molecule has 5 nitrogen and oxygen atoms in total. The van der Waals surface area contributed by atoms with Crippen molar-refractivity contribution in [3.8, 4) is 0 Å². The number of thioether (sulfide) groups is 1. The Kier molecular flexibility index (Phi) is 10.2. The molecule has 29 heavy (non-hydrogen) atoms. The number of fused-ring (bicyclic) bond motifs is 1. The Morgan fingerprint density at radius 3 is 2.83 bits per heavy atom. The van der Waals surface area contributed by atoms with Gasteiger partial charge in [-0.2, -0.15) is 0 Å². The quantitative estimate of drug-likeness (QED) is 0.182. The minimum absolute atomic E-state index is 0. The molecule has 0 unspecified atom stereocenters. The summed E-state index contributed by atoms with van der Waals surface area (Å²) in [6.45, 7) is 2.47. The van der Waals surface area contributed by atoms with Gasteiger partial charge >= 0.3 is 0 Å². The van der Waals surface area contributed by atoms with Crippen LogP contribution in [0.15, 0.2) is 45.6 Å². The lowest BCUT2D eigenvalue weighted by molar-refractivity contribution is -0.130. The normalized spacial score (nSPS) is 13.4. The highest BCUT2D eigenvalue weighted by Gasteiger charge is 2.21. The molecular weight excluding hydrogens is 522 g/mol. The van der Waals surface area contributed by atoms with Crippen molar-refractivity contribution >= 4 is 58.9 Å². The molecule has 2 heterocycles. The van der Waals surface area contributed by atoms with Crippen LogP contribution in [0.3, 0.4) is 0 Å². The molecule has 1 aliphatic rings. The Bertz CT molecular complexity index is 813. The topological polar surface area (TPSA) is 56.7 Å². The van der Waals surface area contributed by atoms with E-state index in [-0.39, 0.29) is 42.2 Å². The van der Waals surface area contributed by atoms with E-state index in [9.17, 15) is 9.18 Å². The lowest BCUT2D eigenvalue weighted by atomic mass is 10.1. The number of nitrogens with one attached hydrogen (secondary N) is 2. The van der Waals surface area contributed by atoms with E-state index < -0.39 is 0 Å². The molecule has 3 rings (SSSR count). The number of thiophene rings is 1.